The quantitative estimate of drug-likeness (QED) is 0.423. The molecule has 26 heavy (non-hydrogen) atoms. The number of nitrogens with zero attached hydrogens (tertiary/aromatic N) is 3. The molecule has 134 valence electrons. The molecule has 3 rings (SSSR count). The first-order valence-electron chi connectivity index (χ1n) is 7.28. The number of thioether (sulfide) groups is 1. The van der Waals surface area contributed by atoms with E-state index in [2.05, 4.69) is 31.4 Å². The molecule has 2 aromatic carbocycles. The number of nitrogens with one attached hydrogen (secondary N) is 1. The Labute approximate surface area is 172 Å². The number of nitrogens with two attached hydrogens (primary N) is 1. The van der Waals surface area contributed by atoms with E-state index < -0.39 is 0 Å². The van der Waals surface area contributed by atoms with E-state index in [1.54, 1.807) is 30.3 Å². The lowest BCUT2D eigenvalue weighted by molar-refractivity contribution is -0.113. The maximum Gasteiger partial charge on any atom is 0.234 e. The molecule has 3 N–H and O–H groups in total. The SMILES string of the molecule is Nn1c(SCC(=O)Nc2ccc(Br)cc2)nnc1-c1cc(Cl)ccc1Cl. The number of nitrogen functional groups attached to an aromatic ring is 1. The molecule has 0 radical (unpaired) electrons. The average Bonchev–Trinajstić information content (AvgIpc) is 2.98. The van der Waals surface area contributed by atoms with Crippen molar-refractivity contribution in [1.29, 1.82) is 0 Å². The minimum absolute atomic E-state index is 0.134. The monoisotopic (exact) mass is 471 g/mol. The minimum Gasteiger partial charge on any atom is -0.335 e. The molecule has 0 bridgehead atoms. The molecule has 3 aromatic rings. The molecule has 6 nitrogen and oxygen atoms in total. The Hall–Kier alpha value is -1.74. The smallest absolute Gasteiger partial charge is 0.234 e. The Bertz CT molecular complexity index is 948. The van der Waals surface area contributed by atoms with Crippen molar-refractivity contribution in [3.05, 3.63) is 57.0 Å². The lowest BCUT2D eigenvalue weighted by atomic mass is 10.2. The lowest BCUT2D eigenvalue weighted by Gasteiger charge is -2.06. The van der Waals surface area contributed by atoms with Gasteiger partial charge in [-0.15, -0.1) is 10.2 Å². The predicted molar refractivity (Wildman–Crippen MR) is 109 cm³/mol. The van der Waals surface area contributed by atoms with E-state index in [1.807, 2.05) is 12.1 Å². The Kier molecular flexibility index (Phi) is 6.08. The number of carbonyl (C=O) groups excluding carboxylic acids is 1. The molecule has 0 fully saturated rings. The summed E-state index contributed by atoms with van der Waals surface area (Å²) in [5, 5.41) is 12.2. The van der Waals surface area contributed by atoms with Crippen LogP contribution < -0.4 is 11.2 Å². The molecule has 0 spiro atoms. The molecule has 1 heterocycles. The number of benzene rings is 2. The van der Waals surface area contributed by atoms with Gasteiger partial charge in [0.15, 0.2) is 5.82 Å². The number of carbonyl (C=O) groups is 1. The van der Waals surface area contributed by atoms with Crippen molar-refractivity contribution in [1.82, 2.24) is 14.9 Å². The van der Waals surface area contributed by atoms with Crippen LogP contribution in [0.15, 0.2) is 52.1 Å². The third-order valence-corrected chi connectivity index (χ3v) is 5.33. The molecule has 0 aliphatic rings. The Morgan fingerprint density at radius 1 is 1.19 bits per heavy atom. The van der Waals surface area contributed by atoms with Crippen LogP contribution in [0, 0.1) is 0 Å². The van der Waals surface area contributed by atoms with Crippen LogP contribution in [-0.4, -0.2) is 26.5 Å². The molecule has 0 unspecified atom stereocenters. The van der Waals surface area contributed by atoms with Gasteiger partial charge < -0.3 is 11.2 Å². The van der Waals surface area contributed by atoms with Crippen molar-refractivity contribution in [3.8, 4) is 11.4 Å². The van der Waals surface area contributed by atoms with Crippen LogP contribution in [0.25, 0.3) is 11.4 Å². The zero-order valence-corrected chi connectivity index (χ0v) is 17.0. The number of hydrogen-bond acceptors (Lipinski definition) is 5. The number of aromatic nitrogens is 3. The fourth-order valence-electron chi connectivity index (χ4n) is 2.09. The van der Waals surface area contributed by atoms with Crippen LogP contribution in [0.1, 0.15) is 0 Å². The molecule has 0 aliphatic heterocycles. The standard InChI is InChI=1S/C16H12BrCl2N5OS/c17-9-1-4-11(5-2-9)21-14(25)8-26-16-23-22-15(24(16)20)12-7-10(18)3-6-13(12)19/h1-7H,8,20H2,(H,21,25). The van der Waals surface area contributed by atoms with Crippen molar-refractivity contribution in [2.75, 3.05) is 16.9 Å². The highest BCUT2D eigenvalue weighted by Gasteiger charge is 2.16. The van der Waals surface area contributed by atoms with Crippen molar-refractivity contribution >= 4 is 62.5 Å². The summed E-state index contributed by atoms with van der Waals surface area (Å²) < 4.78 is 2.23. The Balaban J connectivity index is 1.67. The summed E-state index contributed by atoms with van der Waals surface area (Å²) in [6.45, 7) is 0. The molecule has 10 heteroatoms. The Morgan fingerprint density at radius 3 is 2.65 bits per heavy atom. The van der Waals surface area contributed by atoms with Crippen molar-refractivity contribution < 1.29 is 4.79 Å². The van der Waals surface area contributed by atoms with Crippen LogP contribution in [0.2, 0.25) is 10.0 Å². The zero-order chi connectivity index (χ0) is 18.7. The third kappa shape index (κ3) is 4.50. The zero-order valence-electron chi connectivity index (χ0n) is 13.1. The first-order valence-corrected chi connectivity index (χ1v) is 9.81. The normalized spacial score (nSPS) is 10.7. The lowest BCUT2D eigenvalue weighted by Crippen LogP contribution is -2.16. The van der Waals surface area contributed by atoms with Gasteiger partial charge >= 0.3 is 0 Å². The summed E-state index contributed by atoms with van der Waals surface area (Å²) in [6.07, 6.45) is 0. The van der Waals surface area contributed by atoms with Crippen LogP contribution in [-0.2, 0) is 4.79 Å². The molecule has 0 atom stereocenters. The maximum atomic E-state index is 12.1. The highest BCUT2D eigenvalue weighted by Crippen LogP contribution is 2.30. The first-order chi connectivity index (χ1) is 12.4. The van der Waals surface area contributed by atoms with Crippen molar-refractivity contribution in [3.63, 3.8) is 0 Å². The highest BCUT2D eigenvalue weighted by atomic mass is 79.9. The number of amides is 1. The van der Waals surface area contributed by atoms with Gasteiger partial charge in [-0.25, -0.2) is 4.68 Å². The molecular formula is C16H12BrCl2N5OS. The van der Waals surface area contributed by atoms with Gasteiger partial charge in [-0.3, -0.25) is 4.79 Å². The second-order valence-corrected chi connectivity index (χ2v) is 7.85. The van der Waals surface area contributed by atoms with Crippen molar-refractivity contribution in [2.45, 2.75) is 5.16 Å². The molecule has 0 aliphatic carbocycles. The van der Waals surface area contributed by atoms with E-state index in [0.717, 1.165) is 4.47 Å². The van der Waals surface area contributed by atoms with Crippen LogP contribution >= 0.6 is 50.9 Å². The van der Waals surface area contributed by atoms with Gasteiger partial charge in [0.2, 0.25) is 11.1 Å². The summed E-state index contributed by atoms with van der Waals surface area (Å²) in [5.74, 6) is 6.37. The average molecular weight is 473 g/mol. The summed E-state index contributed by atoms with van der Waals surface area (Å²) in [7, 11) is 0. The van der Waals surface area contributed by atoms with E-state index in [4.69, 9.17) is 29.0 Å². The second-order valence-electron chi connectivity index (χ2n) is 5.14. The van der Waals surface area contributed by atoms with Crippen molar-refractivity contribution in [2.24, 2.45) is 0 Å². The second kappa shape index (κ2) is 8.30. The van der Waals surface area contributed by atoms with Gasteiger partial charge in [-0.05, 0) is 42.5 Å². The van der Waals surface area contributed by atoms with Gasteiger partial charge in [0, 0.05) is 20.7 Å². The summed E-state index contributed by atoms with van der Waals surface area (Å²) in [6, 6.07) is 12.3. The number of anilines is 1. The predicted octanol–water partition coefficient (Wildman–Crippen LogP) is 4.46. The third-order valence-electron chi connectivity index (χ3n) is 3.29. The number of hydrogen-bond donors (Lipinski definition) is 2. The van der Waals surface area contributed by atoms with E-state index in [9.17, 15) is 4.79 Å². The Morgan fingerprint density at radius 2 is 1.92 bits per heavy atom. The molecular weight excluding hydrogens is 461 g/mol. The molecule has 0 saturated heterocycles. The van der Waals surface area contributed by atoms with Gasteiger partial charge in [-0.2, -0.15) is 0 Å². The van der Waals surface area contributed by atoms with Crippen LogP contribution in [0.5, 0.6) is 0 Å². The van der Waals surface area contributed by atoms with Gasteiger partial charge in [0.1, 0.15) is 0 Å². The maximum absolute atomic E-state index is 12.1. The van der Waals surface area contributed by atoms with Gasteiger partial charge in [0.05, 0.1) is 10.8 Å². The van der Waals surface area contributed by atoms with E-state index in [1.165, 1.54) is 16.4 Å². The first kappa shape index (κ1) is 19.0. The fraction of sp³-hybridized carbons (Fsp3) is 0.0625. The summed E-state index contributed by atoms with van der Waals surface area (Å²) >= 11 is 16.7. The number of halogens is 3. The van der Waals surface area contributed by atoms with Crippen LogP contribution in [0.3, 0.4) is 0 Å². The van der Waals surface area contributed by atoms with Crippen LogP contribution in [0.4, 0.5) is 5.69 Å². The molecule has 1 amide bonds. The van der Waals surface area contributed by atoms with Gasteiger partial charge in [-0.1, -0.05) is 50.9 Å². The van der Waals surface area contributed by atoms with E-state index in [-0.39, 0.29) is 11.7 Å². The summed E-state index contributed by atoms with van der Waals surface area (Å²) in [4.78, 5) is 12.1. The fourth-order valence-corrected chi connectivity index (χ4v) is 3.38. The topological polar surface area (TPSA) is 85.8 Å². The highest BCUT2D eigenvalue weighted by molar-refractivity contribution is 9.10. The van der Waals surface area contributed by atoms with Gasteiger partial charge in [0.25, 0.3) is 0 Å². The van der Waals surface area contributed by atoms with E-state index >= 15 is 0 Å². The minimum atomic E-state index is -0.178. The number of rotatable bonds is 5. The molecule has 1 aromatic heterocycles. The van der Waals surface area contributed by atoms with E-state index in [0.29, 0.717) is 32.3 Å². The largest absolute Gasteiger partial charge is 0.335 e. The summed E-state index contributed by atoms with van der Waals surface area (Å²) in [5.41, 5.74) is 1.28. The molecule has 0 saturated carbocycles.